The van der Waals surface area contributed by atoms with Crippen LogP contribution in [-0.2, 0) is 17.6 Å². The van der Waals surface area contributed by atoms with Crippen LogP contribution >= 0.6 is 0 Å². The van der Waals surface area contributed by atoms with E-state index >= 15 is 0 Å². The van der Waals surface area contributed by atoms with Crippen LogP contribution in [0.5, 0.6) is 0 Å². The van der Waals surface area contributed by atoms with Crippen LogP contribution in [0.1, 0.15) is 30.0 Å². The first-order chi connectivity index (χ1) is 14.9. The highest BCUT2D eigenvalue weighted by Crippen LogP contribution is 2.26. The maximum Gasteiger partial charge on any atom is 0.307 e. The van der Waals surface area contributed by atoms with Gasteiger partial charge in [-0.3, -0.25) is 4.79 Å². The molecule has 0 aromatic heterocycles. The van der Waals surface area contributed by atoms with Crippen LogP contribution in [0.25, 0.3) is 0 Å². The van der Waals surface area contributed by atoms with Crippen molar-refractivity contribution in [1.82, 2.24) is 5.32 Å². The van der Waals surface area contributed by atoms with Gasteiger partial charge in [0.2, 0.25) is 0 Å². The number of benzene rings is 2. The number of carbonyl (C=O) groups is 1. The van der Waals surface area contributed by atoms with E-state index in [-0.39, 0.29) is 12.0 Å². The van der Waals surface area contributed by atoms with Gasteiger partial charge in [0, 0.05) is 13.6 Å². The smallest absolute Gasteiger partial charge is 0.307 e. The summed E-state index contributed by atoms with van der Waals surface area (Å²) in [6.07, 6.45) is 3.50. The van der Waals surface area contributed by atoms with E-state index < -0.39 is 11.8 Å². The molecule has 2 aromatic rings. The largest absolute Gasteiger partial charge is 0.481 e. The molecule has 0 fully saturated rings. The van der Waals surface area contributed by atoms with Crippen molar-refractivity contribution in [2.45, 2.75) is 26.2 Å². The van der Waals surface area contributed by atoms with Crippen molar-refractivity contribution in [3.05, 3.63) is 71.6 Å². The number of nitrogens with one attached hydrogen (secondary N) is 3. The van der Waals surface area contributed by atoms with Gasteiger partial charge in [-0.2, -0.15) is 5.26 Å². The molecule has 166 valence electrons. The van der Waals surface area contributed by atoms with Crippen molar-refractivity contribution in [1.29, 1.82) is 5.26 Å². The zero-order valence-corrected chi connectivity index (χ0v) is 18.2. The zero-order chi connectivity index (χ0) is 23.1. The van der Waals surface area contributed by atoms with Crippen molar-refractivity contribution in [3.8, 4) is 6.07 Å². The highest BCUT2D eigenvalue weighted by atomic mass is 19.1. The summed E-state index contributed by atoms with van der Waals surface area (Å²) in [7, 11) is 1.70. The minimum absolute atomic E-state index is 0.0436. The molecule has 2 rings (SSSR count). The van der Waals surface area contributed by atoms with Gasteiger partial charge in [0.1, 0.15) is 11.9 Å². The predicted molar refractivity (Wildman–Crippen MR) is 124 cm³/mol. The maximum atomic E-state index is 13.6. The van der Waals surface area contributed by atoms with Gasteiger partial charge < -0.3 is 21.1 Å². The van der Waals surface area contributed by atoms with Crippen molar-refractivity contribution in [3.63, 3.8) is 0 Å². The van der Waals surface area contributed by atoms with Gasteiger partial charge >= 0.3 is 5.97 Å². The van der Waals surface area contributed by atoms with E-state index in [1.54, 1.807) is 13.1 Å². The number of hydrogen-bond acceptors (Lipinski definition) is 5. The van der Waals surface area contributed by atoms with E-state index in [4.69, 9.17) is 10.4 Å². The number of rotatable bonds is 11. The van der Waals surface area contributed by atoms with Crippen LogP contribution in [0.3, 0.4) is 0 Å². The van der Waals surface area contributed by atoms with E-state index in [1.165, 1.54) is 12.1 Å². The number of nitrogens with zero attached hydrogens (tertiary/aromatic N) is 1. The molecule has 2 aromatic carbocycles. The molecule has 0 amide bonds. The topological polar surface area (TPSA) is 97.2 Å². The Balaban J connectivity index is 0.00000151. The SMILES string of the molecule is C=CC.CNc1c(C#N)cc(F)cc1NCCCNCCc1ccc(CC(=O)O)cc1. The van der Waals surface area contributed by atoms with Crippen molar-refractivity contribution < 1.29 is 14.3 Å². The third-order valence-electron chi connectivity index (χ3n) is 4.29. The number of anilines is 2. The third kappa shape index (κ3) is 9.79. The average molecular weight is 427 g/mol. The lowest BCUT2D eigenvalue weighted by Gasteiger charge is -2.13. The number of halogens is 1. The molecule has 7 heteroatoms. The molecule has 4 N–H and O–H groups in total. The Morgan fingerprint density at radius 2 is 1.84 bits per heavy atom. The number of allylic oxidation sites excluding steroid dienone is 1. The van der Waals surface area contributed by atoms with Crippen LogP contribution in [0, 0.1) is 17.1 Å². The third-order valence-corrected chi connectivity index (χ3v) is 4.29. The highest BCUT2D eigenvalue weighted by Gasteiger charge is 2.09. The molecule has 0 radical (unpaired) electrons. The fourth-order valence-corrected chi connectivity index (χ4v) is 2.90. The Morgan fingerprint density at radius 3 is 2.42 bits per heavy atom. The Bertz CT molecular complexity index is 876. The predicted octanol–water partition coefficient (Wildman–Crippen LogP) is 4.19. The molecule has 6 nitrogen and oxygen atoms in total. The second kappa shape index (κ2) is 14.6. The minimum atomic E-state index is -0.827. The molecule has 0 bridgehead atoms. The quantitative estimate of drug-likeness (QED) is 0.318. The summed E-state index contributed by atoms with van der Waals surface area (Å²) in [5, 5.41) is 27.3. The normalized spacial score (nSPS) is 9.74. The van der Waals surface area contributed by atoms with Gasteiger partial charge in [-0.25, -0.2) is 4.39 Å². The van der Waals surface area contributed by atoms with Crippen LogP contribution in [0.2, 0.25) is 0 Å². The summed E-state index contributed by atoms with van der Waals surface area (Å²) in [5.74, 6) is -1.27. The fourth-order valence-electron chi connectivity index (χ4n) is 2.90. The first-order valence-electron chi connectivity index (χ1n) is 10.2. The Kier molecular flexibility index (Phi) is 12.1. The number of hydrogen-bond donors (Lipinski definition) is 4. The number of aliphatic carboxylic acids is 1. The molecular formula is C24H31FN4O2. The lowest BCUT2D eigenvalue weighted by molar-refractivity contribution is -0.136. The maximum absolute atomic E-state index is 13.6. The highest BCUT2D eigenvalue weighted by molar-refractivity contribution is 5.75. The molecule has 0 unspecified atom stereocenters. The molecule has 31 heavy (non-hydrogen) atoms. The monoisotopic (exact) mass is 426 g/mol. The molecule has 0 saturated carbocycles. The summed E-state index contributed by atoms with van der Waals surface area (Å²) in [6, 6.07) is 12.2. The zero-order valence-electron chi connectivity index (χ0n) is 18.2. The summed E-state index contributed by atoms with van der Waals surface area (Å²) < 4.78 is 13.6. The summed E-state index contributed by atoms with van der Waals surface area (Å²) >= 11 is 0. The molecule has 0 heterocycles. The molecular weight excluding hydrogens is 395 g/mol. The standard InChI is InChI=1S/C21H25FN4O2.C3H6/c1-24-21-17(14-23)12-18(22)13-19(21)26-9-2-8-25-10-7-15-3-5-16(6-4-15)11-20(27)28;1-3-2/h3-6,12-13,24-26H,2,7-11H2,1H3,(H,27,28);3H,1H2,2H3. The van der Waals surface area contributed by atoms with Gasteiger partial charge in [0.05, 0.1) is 23.4 Å². The molecule has 0 aliphatic carbocycles. The van der Waals surface area contributed by atoms with E-state index in [1.807, 2.05) is 37.3 Å². The number of nitriles is 1. The van der Waals surface area contributed by atoms with Crippen molar-refractivity contribution in [2.24, 2.45) is 0 Å². The Morgan fingerprint density at radius 1 is 1.19 bits per heavy atom. The van der Waals surface area contributed by atoms with Crippen molar-refractivity contribution >= 4 is 17.3 Å². The summed E-state index contributed by atoms with van der Waals surface area (Å²) in [5.41, 5.74) is 3.41. The molecule has 0 spiro atoms. The van der Waals surface area contributed by atoms with Crippen LogP contribution in [0.4, 0.5) is 15.8 Å². The summed E-state index contributed by atoms with van der Waals surface area (Å²) in [4.78, 5) is 10.7. The van der Waals surface area contributed by atoms with Crippen LogP contribution in [0.15, 0.2) is 49.1 Å². The van der Waals surface area contributed by atoms with E-state index in [0.29, 0.717) is 17.9 Å². The second-order valence-corrected chi connectivity index (χ2v) is 6.81. The number of carboxylic acid groups (broad SMARTS) is 1. The Hall–Kier alpha value is -3.37. The van der Waals surface area contributed by atoms with Crippen molar-refractivity contribution in [2.75, 3.05) is 37.3 Å². The van der Waals surface area contributed by atoms with E-state index in [9.17, 15) is 9.18 Å². The van der Waals surface area contributed by atoms with Gasteiger partial charge in [0.15, 0.2) is 0 Å². The first kappa shape index (κ1) is 25.7. The van der Waals surface area contributed by atoms with Gasteiger partial charge in [-0.05, 0) is 56.1 Å². The molecule has 0 saturated heterocycles. The van der Waals surface area contributed by atoms with Gasteiger partial charge in [-0.1, -0.05) is 30.3 Å². The van der Waals surface area contributed by atoms with E-state index in [2.05, 4.69) is 22.5 Å². The average Bonchev–Trinajstić information content (AvgIpc) is 2.74. The first-order valence-corrected chi connectivity index (χ1v) is 10.2. The minimum Gasteiger partial charge on any atom is -0.481 e. The van der Waals surface area contributed by atoms with E-state index in [0.717, 1.165) is 37.1 Å². The lowest BCUT2D eigenvalue weighted by atomic mass is 10.1. The molecule has 0 atom stereocenters. The fraction of sp³-hybridized carbons (Fsp3) is 0.333. The second-order valence-electron chi connectivity index (χ2n) is 6.81. The van der Waals surface area contributed by atoms with Gasteiger partial charge in [-0.15, -0.1) is 6.58 Å². The van der Waals surface area contributed by atoms with Gasteiger partial charge in [0.25, 0.3) is 0 Å². The lowest BCUT2D eigenvalue weighted by Crippen LogP contribution is -2.21. The Labute approximate surface area is 183 Å². The number of carboxylic acids is 1. The molecule has 0 aliphatic rings. The van der Waals surface area contributed by atoms with Crippen LogP contribution < -0.4 is 16.0 Å². The summed E-state index contributed by atoms with van der Waals surface area (Å²) in [6.45, 7) is 7.53. The van der Waals surface area contributed by atoms with Crippen LogP contribution in [-0.4, -0.2) is 37.8 Å². The molecule has 0 aliphatic heterocycles.